The molecule has 0 saturated heterocycles. The zero-order chi connectivity index (χ0) is 17.1. The van der Waals surface area contributed by atoms with Crippen molar-refractivity contribution in [2.75, 3.05) is 0 Å². The molecule has 0 radical (unpaired) electrons. The van der Waals surface area contributed by atoms with Crippen LogP contribution in [0.25, 0.3) is 5.69 Å². The molecule has 0 spiro atoms. The Kier molecular flexibility index (Phi) is 4.43. The van der Waals surface area contributed by atoms with E-state index < -0.39 is 0 Å². The second-order valence-corrected chi connectivity index (χ2v) is 5.49. The van der Waals surface area contributed by atoms with E-state index in [2.05, 4.69) is 15.6 Å². The summed E-state index contributed by atoms with van der Waals surface area (Å²) in [6, 6.07) is 7.93. The number of aryl methyl sites for hydroxylation is 2. The standard InChI is InChI=1S/C17H18N4O3/c1-11-5-3-4-6-15(11)21-9-13(8-19-21)7-18-17(23)16-14(10-22)12(2)24-20-16/h3-6,8-9,22H,7,10H2,1-2H3,(H,18,23). The van der Waals surface area contributed by atoms with Gasteiger partial charge in [0.2, 0.25) is 0 Å². The number of hydrogen-bond donors (Lipinski definition) is 2. The fourth-order valence-corrected chi connectivity index (χ4v) is 2.43. The first-order chi connectivity index (χ1) is 11.6. The first-order valence-electron chi connectivity index (χ1n) is 7.54. The molecule has 0 unspecified atom stereocenters. The monoisotopic (exact) mass is 326 g/mol. The van der Waals surface area contributed by atoms with Crippen molar-refractivity contribution in [3.05, 3.63) is 64.8 Å². The second-order valence-electron chi connectivity index (χ2n) is 5.49. The maximum absolute atomic E-state index is 12.2. The van der Waals surface area contributed by atoms with Crippen LogP contribution in [0.2, 0.25) is 0 Å². The molecule has 7 nitrogen and oxygen atoms in total. The van der Waals surface area contributed by atoms with Crippen LogP contribution in [-0.4, -0.2) is 26.0 Å². The Balaban J connectivity index is 1.70. The zero-order valence-corrected chi connectivity index (χ0v) is 13.5. The van der Waals surface area contributed by atoms with Gasteiger partial charge in [0.1, 0.15) is 5.76 Å². The summed E-state index contributed by atoms with van der Waals surface area (Å²) in [5.41, 5.74) is 3.48. The van der Waals surface area contributed by atoms with Crippen molar-refractivity contribution in [3.8, 4) is 5.69 Å². The molecular weight excluding hydrogens is 308 g/mol. The van der Waals surface area contributed by atoms with Gasteiger partial charge in [-0.3, -0.25) is 4.79 Å². The van der Waals surface area contributed by atoms with Crippen LogP contribution in [0, 0.1) is 13.8 Å². The van der Waals surface area contributed by atoms with Crippen molar-refractivity contribution in [1.82, 2.24) is 20.3 Å². The topological polar surface area (TPSA) is 93.2 Å². The van der Waals surface area contributed by atoms with Crippen LogP contribution in [0.1, 0.15) is 32.9 Å². The van der Waals surface area contributed by atoms with Gasteiger partial charge < -0.3 is 14.9 Å². The van der Waals surface area contributed by atoms with E-state index in [-0.39, 0.29) is 18.2 Å². The molecule has 24 heavy (non-hydrogen) atoms. The predicted octanol–water partition coefficient (Wildman–Crippen LogP) is 1.90. The fourth-order valence-electron chi connectivity index (χ4n) is 2.43. The van der Waals surface area contributed by atoms with Crippen LogP contribution >= 0.6 is 0 Å². The Labute approximate surface area is 138 Å². The van der Waals surface area contributed by atoms with Gasteiger partial charge in [0.25, 0.3) is 5.91 Å². The third-order valence-corrected chi connectivity index (χ3v) is 3.81. The molecule has 3 rings (SSSR count). The molecule has 2 aromatic heterocycles. The lowest BCUT2D eigenvalue weighted by molar-refractivity contribution is 0.0939. The normalized spacial score (nSPS) is 10.8. The van der Waals surface area contributed by atoms with E-state index in [0.29, 0.717) is 17.9 Å². The minimum atomic E-state index is -0.389. The minimum absolute atomic E-state index is 0.112. The Bertz CT molecular complexity index is 866. The highest BCUT2D eigenvalue weighted by Crippen LogP contribution is 2.14. The van der Waals surface area contributed by atoms with Gasteiger partial charge in [-0.2, -0.15) is 5.10 Å². The molecule has 0 saturated carbocycles. The number of rotatable bonds is 5. The van der Waals surface area contributed by atoms with Crippen LogP contribution < -0.4 is 5.32 Å². The maximum Gasteiger partial charge on any atom is 0.274 e. The van der Waals surface area contributed by atoms with E-state index in [0.717, 1.165) is 16.8 Å². The van der Waals surface area contributed by atoms with E-state index in [4.69, 9.17) is 4.52 Å². The van der Waals surface area contributed by atoms with Gasteiger partial charge in [0, 0.05) is 18.3 Å². The van der Waals surface area contributed by atoms with Gasteiger partial charge in [-0.25, -0.2) is 4.68 Å². The van der Waals surface area contributed by atoms with Gasteiger partial charge in [-0.15, -0.1) is 0 Å². The Morgan fingerprint density at radius 1 is 1.33 bits per heavy atom. The molecule has 124 valence electrons. The first-order valence-corrected chi connectivity index (χ1v) is 7.54. The highest BCUT2D eigenvalue weighted by Gasteiger charge is 2.18. The summed E-state index contributed by atoms with van der Waals surface area (Å²) < 4.78 is 6.72. The predicted molar refractivity (Wildman–Crippen MR) is 86.6 cm³/mol. The lowest BCUT2D eigenvalue weighted by atomic mass is 10.2. The summed E-state index contributed by atoms with van der Waals surface area (Å²) in [6.45, 7) is 3.69. The van der Waals surface area contributed by atoms with Crippen molar-refractivity contribution in [2.45, 2.75) is 27.0 Å². The van der Waals surface area contributed by atoms with Gasteiger partial charge in [0.15, 0.2) is 5.69 Å². The number of benzene rings is 1. The van der Waals surface area contributed by atoms with Crippen LogP contribution in [0.3, 0.4) is 0 Å². The number of hydrogen-bond acceptors (Lipinski definition) is 5. The van der Waals surface area contributed by atoms with E-state index >= 15 is 0 Å². The summed E-state index contributed by atoms with van der Waals surface area (Å²) in [5.74, 6) is 0.0505. The summed E-state index contributed by atoms with van der Waals surface area (Å²) in [6.07, 6.45) is 3.57. The molecule has 2 N–H and O–H groups in total. The SMILES string of the molecule is Cc1ccccc1-n1cc(CNC(=O)c2noc(C)c2CO)cn1. The molecular formula is C17H18N4O3. The molecule has 0 atom stereocenters. The zero-order valence-electron chi connectivity index (χ0n) is 13.5. The summed E-state index contributed by atoms with van der Waals surface area (Å²) in [5, 5.41) is 20.1. The second kappa shape index (κ2) is 6.67. The van der Waals surface area contributed by atoms with Crippen molar-refractivity contribution in [2.24, 2.45) is 0 Å². The number of nitrogens with zero attached hydrogens (tertiary/aromatic N) is 3. The molecule has 0 bridgehead atoms. The molecule has 1 aromatic carbocycles. The third kappa shape index (κ3) is 3.07. The van der Waals surface area contributed by atoms with Crippen LogP contribution in [-0.2, 0) is 13.2 Å². The molecule has 0 aliphatic rings. The van der Waals surface area contributed by atoms with Gasteiger partial charge in [0.05, 0.1) is 24.1 Å². The highest BCUT2D eigenvalue weighted by atomic mass is 16.5. The number of nitrogens with one attached hydrogen (secondary N) is 1. The van der Waals surface area contributed by atoms with E-state index in [1.807, 2.05) is 37.4 Å². The quantitative estimate of drug-likeness (QED) is 0.747. The van der Waals surface area contributed by atoms with Crippen molar-refractivity contribution >= 4 is 5.91 Å². The van der Waals surface area contributed by atoms with Gasteiger partial charge in [-0.05, 0) is 25.5 Å². The van der Waals surface area contributed by atoms with Crippen molar-refractivity contribution in [1.29, 1.82) is 0 Å². The molecule has 2 heterocycles. The number of carbonyl (C=O) groups is 1. The maximum atomic E-state index is 12.2. The number of carbonyl (C=O) groups excluding carboxylic acids is 1. The third-order valence-electron chi connectivity index (χ3n) is 3.81. The minimum Gasteiger partial charge on any atom is -0.391 e. The molecule has 7 heteroatoms. The number of aliphatic hydroxyl groups is 1. The smallest absolute Gasteiger partial charge is 0.274 e. The Morgan fingerprint density at radius 3 is 2.88 bits per heavy atom. The van der Waals surface area contributed by atoms with Crippen LogP contribution in [0.15, 0.2) is 41.2 Å². The number of aromatic nitrogens is 3. The molecule has 3 aromatic rings. The van der Waals surface area contributed by atoms with Crippen LogP contribution in [0.5, 0.6) is 0 Å². The van der Waals surface area contributed by atoms with Gasteiger partial charge in [-0.1, -0.05) is 23.4 Å². The number of aliphatic hydroxyl groups excluding tert-OH is 1. The Hall–Kier alpha value is -2.93. The summed E-state index contributed by atoms with van der Waals surface area (Å²) in [7, 11) is 0. The first kappa shape index (κ1) is 15.9. The van der Waals surface area contributed by atoms with E-state index in [9.17, 15) is 9.90 Å². The fraction of sp³-hybridized carbons (Fsp3) is 0.235. The van der Waals surface area contributed by atoms with E-state index in [1.54, 1.807) is 17.8 Å². The van der Waals surface area contributed by atoms with E-state index in [1.165, 1.54) is 0 Å². The largest absolute Gasteiger partial charge is 0.391 e. The Morgan fingerprint density at radius 2 is 2.12 bits per heavy atom. The molecule has 0 aliphatic heterocycles. The molecule has 0 aliphatic carbocycles. The lowest BCUT2D eigenvalue weighted by Gasteiger charge is -2.04. The number of para-hydroxylation sites is 1. The average molecular weight is 326 g/mol. The van der Waals surface area contributed by atoms with Crippen LogP contribution in [0.4, 0.5) is 0 Å². The molecule has 0 fully saturated rings. The molecule has 1 amide bonds. The highest BCUT2D eigenvalue weighted by molar-refractivity contribution is 5.93. The van der Waals surface area contributed by atoms with Crippen molar-refractivity contribution < 1.29 is 14.4 Å². The van der Waals surface area contributed by atoms with Crippen molar-refractivity contribution in [3.63, 3.8) is 0 Å². The average Bonchev–Trinajstić information content (AvgIpc) is 3.19. The summed E-state index contributed by atoms with van der Waals surface area (Å²) in [4.78, 5) is 12.2. The number of amides is 1. The lowest BCUT2D eigenvalue weighted by Crippen LogP contribution is -2.24. The van der Waals surface area contributed by atoms with Gasteiger partial charge >= 0.3 is 0 Å². The summed E-state index contributed by atoms with van der Waals surface area (Å²) >= 11 is 0.